The van der Waals surface area contributed by atoms with Gasteiger partial charge in [-0.15, -0.1) is 0 Å². The van der Waals surface area contributed by atoms with E-state index in [0.29, 0.717) is 0 Å². The number of hydrogen-bond donors (Lipinski definition) is 0. The van der Waals surface area contributed by atoms with Crippen molar-refractivity contribution < 1.29 is 9.53 Å². The number of piperazine rings is 1. The topological polar surface area (TPSA) is 32.8 Å². The van der Waals surface area contributed by atoms with Crippen LogP contribution in [0.2, 0.25) is 5.02 Å². The van der Waals surface area contributed by atoms with E-state index in [1.165, 1.54) is 5.56 Å². The molecule has 2 aromatic rings. The minimum atomic E-state index is -0.175. The molecule has 5 heteroatoms. The molecule has 0 bridgehead atoms. The van der Waals surface area contributed by atoms with Crippen molar-refractivity contribution in [2.45, 2.75) is 25.5 Å². The van der Waals surface area contributed by atoms with Gasteiger partial charge in [-0.25, -0.2) is 4.79 Å². The minimum absolute atomic E-state index is 0.0695. The molecule has 4 nitrogen and oxygen atoms in total. The quantitative estimate of drug-likeness (QED) is 0.700. The zero-order chi connectivity index (χ0) is 18.6. The van der Waals surface area contributed by atoms with Gasteiger partial charge in [0, 0.05) is 43.3 Å². The molecule has 2 aromatic carbocycles. The number of cyclic esters (lactones) is 1. The van der Waals surface area contributed by atoms with Crippen LogP contribution in [0.1, 0.15) is 40.4 Å². The largest absolute Gasteiger partial charge is 0.454 e. The second-order valence-electron chi connectivity index (χ2n) is 7.37. The summed E-state index contributed by atoms with van der Waals surface area (Å²) in [6.07, 6.45) is 1.87. The van der Waals surface area contributed by atoms with Crippen LogP contribution < -0.4 is 0 Å². The molecule has 2 aliphatic heterocycles. The molecule has 0 spiro atoms. The van der Waals surface area contributed by atoms with Crippen molar-refractivity contribution >= 4 is 17.6 Å². The number of halogens is 1. The summed E-state index contributed by atoms with van der Waals surface area (Å²) in [5.41, 5.74) is 3.10. The fraction of sp³-hybridized carbons (Fsp3) is 0.409. The highest BCUT2D eigenvalue weighted by Gasteiger charge is 2.30. The van der Waals surface area contributed by atoms with Gasteiger partial charge in [-0.2, -0.15) is 0 Å². The zero-order valence-electron chi connectivity index (χ0n) is 15.4. The van der Waals surface area contributed by atoms with E-state index in [-0.39, 0.29) is 12.1 Å². The van der Waals surface area contributed by atoms with Gasteiger partial charge in [-0.1, -0.05) is 41.9 Å². The SMILES string of the molecule is O=C1OC(CCCN2CCN(Cc3ccc(Cl)cc3)CC2)c2ccccc21. The maximum Gasteiger partial charge on any atom is 0.339 e. The number of rotatable bonds is 6. The number of nitrogens with zero attached hydrogens (tertiary/aromatic N) is 2. The summed E-state index contributed by atoms with van der Waals surface area (Å²) in [6, 6.07) is 15.9. The van der Waals surface area contributed by atoms with Gasteiger partial charge in [0.2, 0.25) is 0 Å². The van der Waals surface area contributed by atoms with Gasteiger partial charge in [-0.05, 0) is 43.1 Å². The van der Waals surface area contributed by atoms with Crippen molar-refractivity contribution in [2.24, 2.45) is 0 Å². The number of esters is 1. The second kappa shape index (κ2) is 8.42. The number of carbonyl (C=O) groups is 1. The summed E-state index contributed by atoms with van der Waals surface area (Å²) in [6.45, 7) is 6.40. The molecule has 0 aromatic heterocycles. The maximum atomic E-state index is 11.9. The zero-order valence-corrected chi connectivity index (χ0v) is 16.2. The number of carbonyl (C=O) groups excluding carboxylic acids is 1. The molecule has 0 saturated carbocycles. The highest BCUT2D eigenvalue weighted by atomic mass is 35.5. The van der Waals surface area contributed by atoms with Gasteiger partial charge in [0.05, 0.1) is 5.56 Å². The van der Waals surface area contributed by atoms with E-state index in [9.17, 15) is 4.79 Å². The van der Waals surface area contributed by atoms with Crippen LogP contribution in [0.3, 0.4) is 0 Å². The Morgan fingerprint density at radius 3 is 2.44 bits per heavy atom. The van der Waals surface area contributed by atoms with Crippen LogP contribution in [-0.4, -0.2) is 48.5 Å². The van der Waals surface area contributed by atoms with Gasteiger partial charge in [0.1, 0.15) is 6.10 Å². The highest BCUT2D eigenvalue weighted by Crippen LogP contribution is 2.33. The fourth-order valence-corrected chi connectivity index (χ4v) is 4.08. The predicted molar refractivity (Wildman–Crippen MR) is 107 cm³/mol. The van der Waals surface area contributed by atoms with Crippen molar-refractivity contribution in [3.8, 4) is 0 Å². The van der Waals surface area contributed by atoms with E-state index in [2.05, 4.69) is 21.9 Å². The molecule has 27 heavy (non-hydrogen) atoms. The average molecular weight is 385 g/mol. The van der Waals surface area contributed by atoms with Crippen molar-refractivity contribution in [3.05, 3.63) is 70.2 Å². The lowest BCUT2D eigenvalue weighted by molar-refractivity contribution is 0.0353. The molecular weight excluding hydrogens is 360 g/mol. The van der Waals surface area contributed by atoms with Crippen LogP contribution in [-0.2, 0) is 11.3 Å². The molecule has 0 radical (unpaired) electrons. The Labute approximate surface area is 165 Å². The third-order valence-corrected chi connectivity index (χ3v) is 5.75. The van der Waals surface area contributed by atoms with Crippen LogP contribution in [0.15, 0.2) is 48.5 Å². The van der Waals surface area contributed by atoms with E-state index in [1.807, 2.05) is 36.4 Å². The number of fused-ring (bicyclic) bond motifs is 1. The van der Waals surface area contributed by atoms with Crippen LogP contribution in [0.5, 0.6) is 0 Å². The highest BCUT2D eigenvalue weighted by molar-refractivity contribution is 6.30. The Morgan fingerprint density at radius 1 is 0.963 bits per heavy atom. The Bertz CT molecular complexity index is 785. The van der Waals surface area contributed by atoms with Crippen LogP contribution in [0.25, 0.3) is 0 Å². The molecule has 4 rings (SSSR count). The van der Waals surface area contributed by atoms with Crippen molar-refractivity contribution in [1.82, 2.24) is 9.80 Å². The first-order chi connectivity index (χ1) is 13.2. The molecule has 1 saturated heterocycles. The first kappa shape index (κ1) is 18.5. The van der Waals surface area contributed by atoms with Crippen LogP contribution >= 0.6 is 11.6 Å². The van der Waals surface area contributed by atoms with Crippen molar-refractivity contribution in [2.75, 3.05) is 32.7 Å². The minimum Gasteiger partial charge on any atom is -0.454 e. The monoisotopic (exact) mass is 384 g/mol. The summed E-state index contributed by atoms with van der Waals surface area (Å²) in [5.74, 6) is -0.175. The molecule has 1 fully saturated rings. The Kier molecular flexibility index (Phi) is 5.77. The Balaban J connectivity index is 1.19. The smallest absolute Gasteiger partial charge is 0.339 e. The second-order valence-corrected chi connectivity index (χ2v) is 7.80. The fourth-order valence-electron chi connectivity index (χ4n) is 3.95. The van der Waals surface area contributed by atoms with E-state index in [0.717, 1.165) is 68.3 Å². The van der Waals surface area contributed by atoms with Gasteiger partial charge in [-0.3, -0.25) is 4.90 Å². The third-order valence-electron chi connectivity index (χ3n) is 5.50. The first-order valence-electron chi connectivity index (χ1n) is 9.68. The third kappa shape index (κ3) is 4.52. The summed E-state index contributed by atoms with van der Waals surface area (Å²) >= 11 is 5.96. The molecule has 0 amide bonds. The molecule has 142 valence electrons. The summed E-state index contributed by atoms with van der Waals surface area (Å²) in [5, 5.41) is 0.791. The van der Waals surface area contributed by atoms with Crippen molar-refractivity contribution in [1.29, 1.82) is 0 Å². The van der Waals surface area contributed by atoms with E-state index in [4.69, 9.17) is 16.3 Å². The van der Waals surface area contributed by atoms with Gasteiger partial charge >= 0.3 is 5.97 Å². The van der Waals surface area contributed by atoms with E-state index < -0.39 is 0 Å². The van der Waals surface area contributed by atoms with E-state index in [1.54, 1.807) is 0 Å². The molecule has 0 N–H and O–H groups in total. The molecule has 1 atom stereocenters. The molecule has 0 aliphatic carbocycles. The van der Waals surface area contributed by atoms with Crippen molar-refractivity contribution in [3.63, 3.8) is 0 Å². The first-order valence-corrected chi connectivity index (χ1v) is 10.1. The van der Waals surface area contributed by atoms with Crippen LogP contribution in [0.4, 0.5) is 0 Å². The summed E-state index contributed by atoms with van der Waals surface area (Å²) in [4.78, 5) is 16.9. The van der Waals surface area contributed by atoms with Gasteiger partial charge in [0.25, 0.3) is 0 Å². The molecule has 2 heterocycles. The molecular formula is C22H25ClN2O2. The van der Waals surface area contributed by atoms with Crippen LogP contribution in [0, 0.1) is 0 Å². The Morgan fingerprint density at radius 2 is 1.67 bits per heavy atom. The normalized spacial score (nSPS) is 20.5. The van der Waals surface area contributed by atoms with Gasteiger partial charge in [0.15, 0.2) is 0 Å². The number of ether oxygens (including phenoxy) is 1. The maximum absolute atomic E-state index is 11.9. The lowest BCUT2D eigenvalue weighted by Gasteiger charge is -2.34. The average Bonchev–Trinajstić information content (AvgIpc) is 3.01. The Hall–Kier alpha value is -1.88. The summed E-state index contributed by atoms with van der Waals surface area (Å²) in [7, 11) is 0. The molecule has 1 unspecified atom stereocenters. The number of hydrogen-bond acceptors (Lipinski definition) is 4. The summed E-state index contributed by atoms with van der Waals surface area (Å²) < 4.78 is 5.54. The van der Waals surface area contributed by atoms with E-state index >= 15 is 0 Å². The lowest BCUT2D eigenvalue weighted by atomic mass is 10.0. The van der Waals surface area contributed by atoms with Gasteiger partial charge < -0.3 is 9.64 Å². The molecule has 2 aliphatic rings. The standard InChI is InChI=1S/C22H25ClN2O2/c23-18-9-7-17(8-10-18)16-25-14-12-24(13-15-25)11-3-6-21-19-4-1-2-5-20(19)22(26)27-21/h1-2,4-5,7-10,21H,3,6,11-16H2. The predicted octanol–water partition coefficient (Wildman–Crippen LogP) is 4.15. The lowest BCUT2D eigenvalue weighted by Crippen LogP contribution is -2.46. The number of benzene rings is 2.